The number of para-hydroxylation sites is 1. The Morgan fingerprint density at radius 1 is 1.04 bits per heavy atom. The van der Waals surface area contributed by atoms with Gasteiger partial charge in [0.2, 0.25) is 5.82 Å². The van der Waals surface area contributed by atoms with Crippen molar-refractivity contribution < 1.29 is 13.2 Å². The number of nitrogens with one attached hydrogen (secondary N) is 2. The van der Waals surface area contributed by atoms with Gasteiger partial charge in [0.05, 0.1) is 23.3 Å². The van der Waals surface area contributed by atoms with Crippen LogP contribution in [0, 0.1) is 0 Å². The molecule has 0 aliphatic heterocycles. The van der Waals surface area contributed by atoms with E-state index in [1.54, 1.807) is 19.3 Å². The Bertz CT molecular complexity index is 1090. The van der Waals surface area contributed by atoms with Gasteiger partial charge in [0.1, 0.15) is 5.82 Å². The molecule has 1 aromatic carbocycles. The highest BCUT2D eigenvalue weighted by Crippen LogP contribution is 2.29. The fourth-order valence-corrected chi connectivity index (χ4v) is 2.69. The molecule has 0 amide bonds. The molecule has 4 aromatic rings. The Labute approximate surface area is 157 Å². The first kappa shape index (κ1) is 17.8. The minimum Gasteiger partial charge on any atom is -0.363 e. The summed E-state index contributed by atoms with van der Waals surface area (Å²) in [7, 11) is 0. The second-order valence-electron chi connectivity index (χ2n) is 6.10. The number of hydrogen-bond donors (Lipinski definition) is 2. The number of fused-ring (bicyclic) bond motifs is 1. The molecule has 0 aliphatic rings. The van der Waals surface area contributed by atoms with Gasteiger partial charge in [-0.1, -0.05) is 12.1 Å². The summed E-state index contributed by atoms with van der Waals surface area (Å²) in [4.78, 5) is 15.9. The second-order valence-corrected chi connectivity index (χ2v) is 6.10. The lowest BCUT2D eigenvalue weighted by Gasteiger charge is -2.17. The van der Waals surface area contributed by atoms with Crippen molar-refractivity contribution in [2.24, 2.45) is 0 Å². The SMILES string of the molecule is CC(Nc1nc(-c2cn[nH]c2)nc2ccccc12)c1cnc(C(F)(F)F)nc1. The van der Waals surface area contributed by atoms with Crippen LogP contribution in [0.4, 0.5) is 19.0 Å². The van der Waals surface area contributed by atoms with Crippen molar-refractivity contribution in [2.45, 2.75) is 19.1 Å². The van der Waals surface area contributed by atoms with Gasteiger partial charge < -0.3 is 5.32 Å². The van der Waals surface area contributed by atoms with Crippen LogP contribution < -0.4 is 5.32 Å². The molecular formula is C18H14F3N7. The lowest BCUT2D eigenvalue weighted by molar-refractivity contribution is -0.145. The zero-order chi connectivity index (χ0) is 19.7. The normalized spacial score (nSPS) is 12.9. The average Bonchev–Trinajstić information content (AvgIpc) is 3.22. The molecule has 2 N–H and O–H groups in total. The third-order valence-electron chi connectivity index (χ3n) is 4.14. The van der Waals surface area contributed by atoms with Gasteiger partial charge in [0.25, 0.3) is 0 Å². The Morgan fingerprint density at radius 2 is 1.79 bits per heavy atom. The molecule has 0 radical (unpaired) electrons. The van der Waals surface area contributed by atoms with Gasteiger partial charge in [-0.25, -0.2) is 19.9 Å². The molecule has 0 fully saturated rings. The summed E-state index contributed by atoms with van der Waals surface area (Å²) >= 11 is 0. The molecule has 10 heteroatoms. The third-order valence-corrected chi connectivity index (χ3v) is 4.14. The summed E-state index contributed by atoms with van der Waals surface area (Å²) in [6, 6.07) is 7.08. The summed E-state index contributed by atoms with van der Waals surface area (Å²) in [5.41, 5.74) is 1.95. The molecule has 0 saturated heterocycles. The van der Waals surface area contributed by atoms with E-state index in [0.29, 0.717) is 17.2 Å². The molecule has 0 spiro atoms. The Kier molecular flexibility index (Phi) is 4.38. The van der Waals surface area contributed by atoms with Gasteiger partial charge in [-0.3, -0.25) is 5.10 Å². The number of hydrogen-bond acceptors (Lipinski definition) is 6. The predicted molar refractivity (Wildman–Crippen MR) is 96.2 cm³/mol. The molecule has 0 saturated carbocycles. The molecule has 4 rings (SSSR count). The number of halogens is 3. The van der Waals surface area contributed by atoms with Crippen molar-refractivity contribution in [1.82, 2.24) is 30.1 Å². The smallest absolute Gasteiger partial charge is 0.363 e. The minimum absolute atomic E-state index is 0.377. The maximum absolute atomic E-state index is 12.7. The van der Waals surface area contributed by atoms with Gasteiger partial charge in [0, 0.05) is 29.5 Å². The molecule has 0 aliphatic carbocycles. The van der Waals surface area contributed by atoms with Crippen LogP contribution in [0.25, 0.3) is 22.3 Å². The van der Waals surface area contributed by atoms with E-state index < -0.39 is 12.0 Å². The topological polar surface area (TPSA) is 92.3 Å². The number of benzene rings is 1. The summed E-state index contributed by atoms with van der Waals surface area (Å²) in [5, 5.41) is 10.6. The number of anilines is 1. The molecule has 1 atom stereocenters. The summed E-state index contributed by atoms with van der Waals surface area (Å²) < 4.78 is 38.0. The first-order valence-corrected chi connectivity index (χ1v) is 8.33. The first-order chi connectivity index (χ1) is 13.4. The first-order valence-electron chi connectivity index (χ1n) is 8.33. The fourth-order valence-electron chi connectivity index (χ4n) is 2.69. The summed E-state index contributed by atoms with van der Waals surface area (Å²) in [6.45, 7) is 1.79. The van der Waals surface area contributed by atoms with Gasteiger partial charge in [-0.05, 0) is 19.1 Å². The van der Waals surface area contributed by atoms with Crippen molar-refractivity contribution in [1.29, 1.82) is 0 Å². The van der Waals surface area contributed by atoms with Crippen LogP contribution in [0.5, 0.6) is 0 Å². The molecule has 1 unspecified atom stereocenters. The number of aromatic amines is 1. The minimum atomic E-state index is -4.57. The fraction of sp³-hybridized carbons (Fsp3) is 0.167. The zero-order valence-electron chi connectivity index (χ0n) is 14.6. The van der Waals surface area contributed by atoms with Crippen molar-refractivity contribution in [3.05, 3.63) is 60.4 Å². The molecule has 142 valence electrons. The Hall–Kier alpha value is -3.56. The van der Waals surface area contributed by atoms with E-state index in [4.69, 9.17) is 0 Å². The van der Waals surface area contributed by atoms with Crippen LogP contribution in [0.1, 0.15) is 24.4 Å². The van der Waals surface area contributed by atoms with E-state index >= 15 is 0 Å². The van der Waals surface area contributed by atoms with Crippen LogP contribution in [0.3, 0.4) is 0 Å². The van der Waals surface area contributed by atoms with E-state index in [0.717, 1.165) is 28.9 Å². The van der Waals surface area contributed by atoms with Crippen LogP contribution in [0.15, 0.2) is 49.1 Å². The number of H-pyrrole nitrogens is 1. The Balaban J connectivity index is 1.68. The van der Waals surface area contributed by atoms with Crippen molar-refractivity contribution >= 4 is 16.7 Å². The largest absolute Gasteiger partial charge is 0.451 e. The monoisotopic (exact) mass is 385 g/mol. The third kappa shape index (κ3) is 3.48. The van der Waals surface area contributed by atoms with Gasteiger partial charge in [-0.15, -0.1) is 0 Å². The van der Waals surface area contributed by atoms with Crippen molar-refractivity contribution in [2.75, 3.05) is 5.32 Å². The summed E-state index contributed by atoms with van der Waals surface area (Å²) in [5.74, 6) is -0.141. The maximum Gasteiger partial charge on any atom is 0.451 e. The molecule has 3 heterocycles. The highest BCUT2D eigenvalue weighted by Gasteiger charge is 2.34. The highest BCUT2D eigenvalue weighted by atomic mass is 19.4. The van der Waals surface area contributed by atoms with Crippen LogP contribution in [-0.2, 0) is 6.18 Å². The van der Waals surface area contributed by atoms with E-state index in [2.05, 4.69) is 35.5 Å². The van der Waals surface area contributed by atoms with Gasteiger partial charge in [0.15, 0.2) is 5.82 Å². The van der Waals surface area contributed by atoms with E-state index in [1.807, 2.05) is 24.3 Å². The molecule has 7 nitrogen and oxygen atoms in total. The Morgan fingerprint density at radius 3 is 2.46 bits per heavy atom. The quantitative estimate of drug-likeness (QED) is 0.552. The molecule has 0 bridgehead atoms. The van der Waals surface area contributed by atoms with Crippen molar-refractivity contribution in [3.63, 3.8) is 0 Å². The summed E-state index contributed by atoms with van der Waals surface area (Å²) in [6.07, 6.45) is 1.04. The molecule has 3 aromatic heterocycles. The number of alkyl halides is 3. The molecular weight excluding hydrogens is 371 g/mol. The lowest BCUT2D eigenvalue weighted by atomic mass is 10.1. The van der Waals surface area contributed by atoms with Crippen molar-refractivity contribution in [3.8, 4) is 11.4 Å². The maximum atomic E-state index is 12.7. The van der Waals surface area contributed by atoms with Crippen LogP contribution in [0.2, 0.25) is 0 Å². The van der Waals surface area contributed by atoms with E-state index in [9.17, 15) is 13.2 Å². The highest BCUT2D eigenvalue weighted by molar-refractivity contribution is 5.90. The van der Waals surface area contributed by atoms with Gasteiger partial charge >= 0.3 is 6.18 Å². The van der Waals surface area contributed by atoms with E-state index in [-0.39, 0.29) is 6.04 Å². The predicted octanol–water partition coefficient (Wildman–Crippen LogP) is 4.00. The molecule has 28 heavy (non-hydrogen) atoms. The van der Waals surface area contributed by atoms with Gasteiger partial charge in [-0.2, -0.15) is 18.3 Å². The average molecular weight is 385 g/mol. The number of rotatable bonds is 4. The number of aromatic nitrogens is 6. The van der Waals surface area contributed by atoms with Crippen LogP contribution >= 0.6 is 0 Å². The van der Waals surface area contributed by atoms with Crippen LogP contribution in [-0.4, -0.2) is 30.1 Å². The standard InChI is InChI=1S/C18H14F3N7/c1-10(11-6-22-17(23-7-11)18(19,20)21)26-16-13-4-2-3-5-14(13)27-15(28-16)12-8-24-25-9-12/h2-10H,1H3,(H,24,25)(H,26,27,28). The second kappa shape index (κ2) is 6.87. The number of nitrogens with zero attached hydrogens (tertiary/aromatic N) is 5. The lowest BCUT2D eigenvalue weighted by Crippen LogP contribution is -2.14. The van der Waals surface area contributed by atoms with E-state index in [1.165, 1.54) is 0 Å². The zero-order valence-corrected chi connectivity index (χ0v) is 14.6.